The van der Waals surface area contributed by atoms with Crippen LogP contribution in [0.2, 0.25) is 0 Å². The summed E-state index contributed by atoms with van der Waals surface area (Å²) in [6.07, 6.45) is 11.8. The van der Waals surface area contributed by atoms with E-state index >= 15 is 0 Å². The first-order valence-corrected chi connectivity index (χ1v) is 13.1. The van der Waals surface area contributed by atoms with Crippen molar-refractivity contribution in [3.8, 4) is 0 Å². The van der Waals surface area contributed by atoms with Gasteiger partial charge in [-0.25, -0.2) is 0 Å². The number of rotatable bonds is 4. The Morgan fingerprint density at radius 1 is 0.550 bits per heavy atom. The summed E-state index contributed by atoms with van der Waals surface area (Å²) in [6, 6.07) is 42.4. The molecule has 0 N–H and O–H groups in total. The van der Waals surface area contributed by atoms with Crippen molar-refractivity contribution in [1.82, 2.24) is 0 Å². The molecule has 0 aromatic heterocycles. The first-order chi connectivity index (χ1) is 18.9. The molecule has 2 radical (unpaired) electrons. The van der Waals surface area contributed by atoms with Crippen LogP contribution in [0, 0.1) is 11.9 Å². The van der Waals surface area contributed by atoms with Crippen molar-refractivity contribution in [2.45, 2.75) is 0 Å². The Bertz CT molecular complexity index is 1150. The number of nitrogens with zero attached hydrogens (tertiary/aromatic N) is 1. The van der Waals surface area contributed by atoms with Gasteiger partial charge in [0.1, 0.15) is 0 Å². The monoisotopic (exact) mass is 735 g/mol. The van der Waals surface area contributed by atoms with Crippen molar-refractivity contribution in [2.24, 2.45) is 0 Å². The molecule has 0 spiro atoms. The van der Waals surface area contributed by atoms with Gasteiger partial charge < -0.3 is 17.3 Å². The minimum Gasteiger partial charge on any atom is -0.0767 e. The van der Waals surface area contributed by atoms with Crippen molar-refractivity contribution in [3.05, 3.63) is 164 Å². The largest absolute Gasteiger partial charge is 0.0767 e. The van der Waals surface area contributed by atoms with Crippen LogP contribution in [0.25, 0.3) is 6.08 Å². The first-order valence-electron chi connectivity index (χ1n) is 11.7. The predicted octanol–water partition coefficient (Wildman–Crippen LogP) is 8.28. The van der Waals surface area contributed by atoms with E-state index in [0.717, 1.165) is 0 Å². The first kappa shape index (κ1) is 36.6. The maximum Gasteiger partial charge on any atom is 0.00506 e. The SMILES string of the molecule is C=Cc1ccccc1.F[B-](F)(F)F.N#[O+].[CH]1C=CC=C1.[Re].c1ccc(P(c2ccccc2)c2ccccc2)cc1. The van der Waals surface area contributed by atoms with Crippen molar-refractivity contribution < 1.29 is 42.5 Å². The van der Waals surface area contributed by atoms with Gasteiger partial charge in [0.25, 0.3) is 0 Å². The molecule has 1 aliphatic rings. The molecule has 0 bridgehead atoms. The van der Waals surface area contributed by atoms with Gasteiger partial charge in [0.2, 0.25) is 0 Å². The summed E-state index contributed by atoms with van der Waals surface area (Å²) in [6.45, 7) is 3.63. The minimum absolute atomic E-state index is 0. The maximum absolute atomic E-state index is 9.75. The van der Waals surface area contributed by atoms with Gasteiger partial charge in [0.05, 0.1) is 0 Å². The Kier molecular flexibility index (Phi) is 20.6. The van der Waals surface area contributed by atoms with Crippen LogP contribution in [-0.2, 0) is 25.2 Å². The normalized spacial score (nSPS) is 10.5. The zero-order chi connectivity index (χ0) is 28.8. The van der Waals surface area contributed by atoms with Crippen LogP contribution in [0.15, 0.2) is 152 Å². The summed E-state index contributed by atoms with van der Waals surface area (Å²) in [5.41, 5.74) is 6.92. The molecule has 4 aromatic rings. The van der Waals surface area contributed by atoms with E-state index < -0.39 is 15.2 Å². The zero-order valence-corrected chi connectivity index (χ0v) is 25.1. The van der Waals surface area contributed by atoms with Crippen LogP contribution < -0.4 is 15.9 Å². The van der Waals surface area contributed by atoms with E-state index in [0.29, 0.717) is 0 Å². The molecule has 5 rings (SSSR count). The molecule has 0 saturated heterocycles. The Labute approximate surface area is 248 Å². The standard InChI is InChI=1S/C18H15P.C8H8.C5H5.BF4.NO.Re/c1-4-10-16(11-5-1)19(17-12-6-2-7-13-17)18-14-8-3-9-15-18;1-2-8-6-4-3-5-7-8;1-2-4-5-3-1;2-1(3,4)5;1-2;/h1-15H;2-7H,1H2;1-5H;;;/q;;;-1;+1;. The molecule has 0 saturated carbocycles. The molecule has 0 atom stereocenters. The molecule has 0 fully saturated rings. The van der Waals surface area contributed by atoms with E-state index in [1.807, 2.05) is 67.1 Å². The molecule has 40 heavy (non-hydrogen) atoms. The van der Waals surface area contributed by atoms with Crippen LogP contribution in [0.3, 0.4) is 0 Å². The fourth-order valence-corrected chi connectivity index (χ4v) is 5.39. The quantitative estimate of drug-likeness (QED) is 0.0902. The van der Waals surface area contributed by atoms with E-state index in [1.165, 1.54) is 21.5 Å². The third-order valence-electron chi connectivity index (χ3n) is 4.63. The minimum atomic E-state index is -6.00. The molecule has 0 heterocycles. The van der Waals surface area contributed by atoms with Gasteiger partial charge in [-0.2, -0.15) is 0 Å². The van der Waals surface area contributed by atoms with Crippen LogP contribution >= 0.6 is 7.92 Å². The molecule has 0 amide bonds. The average molecular weight is 735 g/mol. The van der Waals surface area contributed by atoms with Gasteiger partial charge in [-0.3, -0.25) is 0 Å². The number of allylic oxidation sites excluding steroid dienone is 4. The van der Waals surface area contributed by atoms with E-state index in [-0.39, 0.29) is 20.4 Å². The fourth-order valence-electron chi connectivity index (χ4n) is 3.09. The fraction of sp³-hybridized carbons (Fsp3) is 0. The second kappa shape index (κ2) is 22.5. The van der Waals surface area contributed by atoms with E-state index in [1.54, 1.807) is 0 Å². The summed E-state index contributed by atoms with van der Waals surface area (Å²) in [5.74, 6) is 0. The van der Waals surface area contributed by atoms with Gasteiger partial charge in [-0.05, 0) is 29.4 Å². The number of hydrogen-bond acceptors (Lipinski definition) is 1. The van der Waals surface area contributed by atoms with Gasteiger partial charge in [-0.1, -0.05) is 158 Å². The Hall–Kier alpha value is -3.35. The number of benzene rings is 4. The molecule has 4 aromatic carbocycles. The molecule has 2 nitrogen and oxygen atoms in total. The summed E-state index contributed by atoms with van der Waals surface area (Å²) < 4.78 is 46.2. The average Bonchev–Trinajstić information content (AvgIpc) is 3.57. The third kappa shape index (κ3) is 17.3. The van der Waals surface area contributed by atoms with Gasteiger partial charge in [0, 0.05) is 26.8 Å². The van der Waals surface area contributed by atoms with E-state index in [9.17, 15) is 17.3 Å². The second-order valence-corrected chi connectivity index (χ2v) is 9.63. The summed E-state index contributed by atoms with van der Waals surface area (Å²) in [5, 5.41) is 4.19. The third-order valence-corrected chi connectivity index (χ3v) is 7.08. The topological polar surface area (TPSA) is 43.7 Å². The van der Waals surface area contributed by atoms with Crippen molar-refractivity contribution in [3.63, 3.8) is 0 Å². The van der Waals surface area contributed by atoms with Gasteiger partial charge in [0.15, 0.2) is 0 Å². The van der Waals surface area contributed by atoms with E-state index in [2.05, 4.69) is 97.6 Å². The Morgan fingerprint density at radius 2 is 0.825 bits per heavy atom. The van der Waals surface area contributed by atoms with Crippen molar-refractivity contribution >= 4 is 37.2 Å². The molecule has 0 unspecified atom stereocenters. The second-order valence-electron chi connectivity index (χ2n) is 7.41. The van der Waals surface area contributed by atoms with Gasteiger partial charge >= 0.3 is 17.5 Å². The zero-order valence-electron chi connectivity index (χ0n) is 21.5. The summed E-state index contributed by atoms with van der Waals surface area (Å²) in [7, 11) is -6.45. The summed E-state index contributed by atoms with van der Waals surface area (Å²) >= 11 is 0. The summed E-state index contributed by atoms with van der Waals surface area (Å²) in [4.78, 5) is 0. The molecule has 9 heteroatoms. The van der Waals surface area contributed by atoms with Crippen LogP contribution in [-0.4, -0.2) is 7.25 Å². The molecule has 1 aliphatic carbocycles. The number of hydrogen-bond donors (Lipinski definition) is 0. The van der Waals surface area contributed by atoms with E-state index in [4.69, 9.17) is 10.2 Å². The van der Waals surface area contributed by atoms with Crippen molar-refractivity contribution in [2.75, 3.05) is 0 Å². The van der Waals surface area contributed by atoms with Crippen LogP contribution in [0.5, 0.6) is 0 Å². The molecule has 206 valence electrons. The van der Waals surface area contributed by atoms with Crippen molar-refractivity contribution in [1.29, 1.82) is 5.46 Å². The molecular weight excluding hydrogens is 706 g/mol. The Morgan fingerprint density at radius 3 is 1.02 bits per heavy atom. The molecular formula is C31H28BF4NOPRe. The number of halogens is 4. The molecule has 0 aliphatic heterocycles. The predicted molar refractivity (Wildman–Crippen MR) is 157 cm³/mol. The van der Waals surface area contributed by atoms with Gasteiger partial charge in [-0.15, -0.1) is 0 Å². The van der Waals surface area contributed by atoms with Crippen LogP contribution in [0.1, 0.15) is 5.56 Å². The smallest absolute Gasteiger partial charge is 0.00506 e. The maximum atomic E-state index is 9.75. The Balaban J connectivity index is 0.000000598. The van der Waals surface area contributed by atoms with Crippen LogP contribution in [0.4, 0.5) is 17.3 Å².